The van der Waals surface area contributed by atoms with E-state index in [0.29, 0.717) is 18.2 Å². The number of rotatable bonds is 8. The van der Waals surface area contributed by atoms with E-state index in [1.165, 1.54) is 12.3 Å². The van der Waals surface area contributed by atoms with Crippen LogP contribution in [0.1, 0.15) is 6.92 Å². The molecule has 0 bridgehead atoms. The van der Waals surface area contributed by atoms with Crippen LogP contribution in [-0.4, -0.2) is 39.7 Å². The summed E-state index contributed by atoms with van der Waals surface area (Å²) in [6.07, 6.45) is 0.730. The number of aromatic nitrogens is 2. The fourth-order valence-electron chi connectivity index (χ4n) is 1.58. The van der Waals surface area contributed by atoms with Gasteiger partial charge < -0.3 is 19.9 Å². The SMILES string of the molecule is CCOc1ccc(NCC(O)COc2cnsn2)cc1F. The van der Waals surface area contributed by atoms with Gasteiger partial charge in [-0.25, -0.2) is 4.39 Å². The maximum Gasteiger partial charge on any atom is 0.245 e. The molecular weight excluding hydrogens is 297 g/mol. The summed E-state index contributed by atoms with van der Waals surface area (Å²) in [4.78, 5) is 0. The quantitative estimate of drug-likeness (QED) is 0.775. The first-order chi connectivity index (χ1) is 10.2. The van der Waals surface area contributed by atoms with E-state index in [4.69, 9.17) is 9.47 Å². The maximum atomic E-state index is 13.6. The Balaban J connectivity index is 1.78. The van der Waals surface area contributed by atoms with Gasteiger partial charge in [-0.05, 0) is 19.1 Å². The van der Waals surface area contributed by atoms with E-state index in [-0.39, 0.29) is 18.9 Å². The summed E-state index contributed by atoms with van der Waals surface area (Å²) in [6.45, 7) is 2.51. The van der Waals surface area contributed by atoms with Crippen LogP contribution in [0.2, 0.25) is 0 Å². The first-order valence-corrected chi connectivity index (χ1v) is 7.16. The number of aliphatic hydroxyl groups excluding tert-OH is 1. The van der Waals surface area contributed by atoms with E-state index < -0.39 is 11.9 Å². The second-order valence-electron chi connectivity index (χ2n) is 4.17. The summed E-state index contributed by atoms with van der Waals surface area (Å²) in [6, 6.07) is 4.56. The van der Waals surface area contributed by atoms with Gasteiger partial charge in [0.05, 0.1) is 18.3 Å². The molecule has 0 aliphatic heterocycles. The highest BCUT2D eigenvalue weighted by Crippen LogP contribution is 2.21. The number of ether oxygens (including phenoxy) is 2. The third-order valence-electron chi connectivity index (χ3n) is 2.54. The van der Waals surface area contributed by atoms with Crippen molar-refractivity contribution in [1.29, 1.82) is 0 Å². The molecule has 0 aliphatic rings. The normalized spacial score (nSPS) is 12.0. The Morgan fingerprint density at radius 3 is 2.95 bits per heavy atom. The van der Waals surface area contributed by atoms with Crippen molar-refractivity contribution in [2.24, 2.45) is 0 Å². The highest BCUT2D eigenvalue weighted by Gasteiger charge is 2.08. The number of benzene rings is 1. The predicted molar refractivity (Wildman–Crippen MR) is 77.5 cm³/mol. The average Bonchev–Trinajstić information content (AvgIpc) is 2.99. The van der Waals surface area contributed by atoms with Gasteiger partial charge in [-0.2, -0.15) is 4.37 Å². The molecule has 1 heterocycles. The third-order valence-corrected chi connectivity index (χ3v) is 3.00. The summed E-state index contributed by atoms with van der Waals surface area (Å²) in [5.41, 5.74) is 0.560. The Bertz CT molecular complexity index is 554. The Morgan fingerprint density at radius 2 is 2.29 bits per heavy atom. The van der Waals surface area contributed by atoms with Crippen molar-refractivity contribution in [3.8, 4) is 11.6 Å². The number of halogens is 1. The van der Waals surface area contributed by atoms with Gasteiger partial charge in [-0.15, -0.1) is 4.37 Å². The first-order valence-electron chi connectivity index (χ1n) is 6.43. The van der Waals surface area contributed by atoms with Gasteiger partial charge >= 0.3 is 0 Å². The van der Waals surface area contributed by atoms with Crippen LogP contribution in [0.25, 0.3) is 0 Å². The predicted octanol–water partition coefficient (Wildman–Crippen LogP) is 1.93. The van der Waals surface area contributed by atoms with Crippen molar-refractivity contribution in [3.05, 3.63) is 30.2 Å². The molecule has 0 aliphatic carbocycles. The van der Waals surface area contributed by atoms with E-state index in [2.05, 4.69) is 14.1 Å². The van der Waals surface area contributed by atoms with Crippen LogP contribution in [0.4, 0.5) is 10.1 Å². The summed E-state index contributed by atoms with van der Waals surface area (Å²) >= 11 is 1.03. The molecule has 1 aromatic carbocycles. The molecule has 0 spiro atoms. The van der Waals surface area contributed by atoms with Crippen LogP contribution in [0.3, 0.4) is 0 Å². The molecule has 0 radical (unpaired) electrons. The van der Waals surface area contributed by atoms with Crippen molar-refractivity contribution in [2.75, 3.05) is 25.1 Å². The summed E-state index contributed by atoms with van der Waals surface area (Å²) in [5.74, 6) is 0.148. The molecule has 6 nitrogen and oxygen atoms in total. The molecular formula is C13H16FN3O3S. The van der Waals surface area contributed by atoms with Crippen molar-refractivity contribution in [1.82, 2.24) is 8.75 Å². The van der Waals surface area contributed by atoms with Crippen LogP contribution < -0.4 is 14.8 Å². The molecule has 2 aromatic rings. The average molecular weight is 313 g/mol. The Hall–Kier alpha value is -1.93. The second kappa shape index (κ2) is 7.75. The Kier molecular flexibility index (Phi) is 5.70. The largest absolute Gasteiger partial charge is 0.491 e. The minimum absolute atomic E-state index is 0.0813. The topological polar surface area (TPSA) is 76.5 Å². The summed E-state index contributed by atoms with van der Waals surface area (Å²) in [7, 11) is 0. The first kappa shape index (κ1) is 15.5. The standard InChI is InChI=1S/C13H16FN3O3S/c1-2-19-12-4-3-9(5-11(12)14)15-6-10(18)8-20-13-7-16-21-17-13/h3-5,7,10,15,18H,2,6,8H2,1H3. The highest BCUT2D eigenvalue weighted by molar-refractivity contribution is 6.99. The van der Waals surface area contributed by atoms with E-state index >= 15 is 0 Å². The zero-order chi connectivity index (χ0) is 15.1. The molecule has 0 saturated heterocycles. The number of hydrogen-bond acceptors (Lipinski definition) is 7. The molecule has 1 unspecified atom stereocenters. The second-order valence-corrected chi connectivity index (χ2v) is 4.73. The Labute approximate surface area is 125 Å². The lowest BCUT2D eigenvalue weighted by Gasteiger charge is -2.13. The van der Waals surface area contributed by atoms with Gasteiger partial charge in [-0.1, -0.05) is 0 Å². The van der Waals surface area contributed by atoms with Gasteiger partial charge in [-0.3, -0.25) is 0 Å². The molecule has 1 atom stereocenters. The number of anilines is 1. The van der Waals surface area contributed by atoms with Gasteiger partial charge in [0.15, 0.2) is 11.6 Å². The smallest absolute Gasteiger partial charge is 0.245 e. The molecule has 0 saturated carbocycles. The van der Waals surface area contributed by atoms with Crippen LogP contribution in [0.5, 0.6) is 11.6 Å². The van der Waals surface area contributed by atoms with E-state index in [0.717, 1.165) is 11.7 Å². The van der Waals surface area contributed by atoms with Crippen molar-refractivity contribution in [2.45, 2.75) is 13.0 Å². The van der Waals surface area contributed by atoms with Crippen LogP contribution in [-0.2, 0) is 0 Å². The molecule has 21 heavy (non-hydrogen) atoms. The molecule has 0 amide bonds. The van der Waals surface area contributed by atoms with E-state index in [1.54, 1.807) is 19.1 Å². The van der Waals surface area contributed by atoms with Crippen LogP contribution >= 0.6 is 11.7 Å². The number of aliphatic hydroxyl groups is 1. The van der Waals surface area contributed by atoms with Gasteiger partial charge in [0, 0.05) is 18.3 Å². The maximum absolute atomic E-state index is 13.6. The van der Waals surface area contributed by atoms with E-state index in [1.807, 2.05) is 0 Å². The fraction of sp³-hybridized carbons (Fsp3) is 0.385. The lowest BCUT2D eigenvalue weighted by atomic mass is 10.2. The summed E-state index contributed by atoms with van der Waals surface area (Å²) < 4.78 is 31.6. The monoisotopic (exact) mass is 313 g/mol. The number of nitrogens with one attached hydrogen (secondary N) is 1. The van der Waals surface area contributed by atoms with Gasteiger partial charge in [0.1, 0.15) is 18.9 Å². The molecule has 1 aromatic heterocycles. The third kappa shape index (κ3) is 4.83. The minimum Gasteiger partial charge on any atom is -0.491 e. The minimum atomic E-state index is -0.749. The van der Waals surface area contributed by atoms with Crippen molar-refractivity contribution >= 4 is 17.4 Å². The lowest BCUT2D eigenvalue weighted by Crippen LogP contribution is -2.26. The van der Waals surface area contributed by atoms with Gasteiger partial charge in [0.25, 0.3) is 0 Å². The molecule has 114 valence electrons. The zero-order valence-electron chi connectivity index (χ0n) is 11.5. The van der Waals surface area contributed by atoms with Crippen molar-refractivity contribution in [3.63, 3.8) is 0 Å². The van der Waals surface area contributed by atoms with Crippen LogP contribution in [0, 0.1) is 5.82 Å². The molecule has 2 N–H and O–H groups in total. The molecule has 0 fully saturated rings. The lowest BCUT2D eigenvalue weighted by molar-refractivity contribution is 0.115. The number of hydrogen-bond donors (Lipinski definition) is 2. The molecule has 2 rings (SSSR count). The highest BCUT2D eigenvalue weighted by atomic mass is 32.1. The molecule has 8 heteroatoms. The van der Waals surface area contributed by atoms with E-state index in [9.17, 15) is 9.50 Å². The van der Waals surface area contributed by atoms with Crippen LogP contribution in [0.15, 0.2) is 24.4 Å². The van der Waals surface area contributed by atoms with Crippen molar-refractivity contribution < 1.29 is 19.0 Å². The fourth-order valence-corrected chi connectivity index (χ4v) is 1.94. The zero-order valence-corrected chi connectivity index (χ0v) is 12.3. The van der Waals surface area contributed by atoms with Gasteiger partial charge in [0.2, 0.25) is 5.88 Å². The Morgan fingerprint density at radius 1 is 1.43 bits per heavy atom. The summed E-state index contributed by atoms with van der Waals surface area (Å²) in [5, 5.41) is 12.7. The number of nitrogens with zero attached hydrogens (tertiary/aromatic N) is 2.